The lowest BCUT2D eigenvalue weighted by Crippen LogP contribution is -2.23. The van der Waals surface area contributed by atoms with Crippen molar-refractivity contribution in [2.75, 3.05) is 0 Å². The molecule has 3 nitrogen and oxygen atoms in total. The molecular formula is C22H35NO2. The van der Waals surface area contributed by atoms with Gasteiger partial charge in [0.15, 0.2) is 11.6 Å². The molecule has 1 aliphatic heterocycles. The molecule has 140 valence electrons. The third-order valence-corrected chi connectivity index (χ3v) is 5.16. The SMILES string of the molecule is CC.CCC1=NC(CC)=C(C(C)=O)C(C2CCCCC2)C=C1C(C)=O. The van der Waals surface area contributed by atoms with E-state index in [1.54, 1.807) is 13.8 Å². The second kappa shape index (κ2) is 10.5. The molecule has 0 spiro atoms. The molecule has 1 unspecified atom stereocenters. The number of ketones is 2. The number of allylic oxidation sites excluding steroid dienone is 4. The number of Topliss-reactive ketones (excluding diaryl/α,β-unsaturated/α-hetero) is 2. The van der Waals surface area contributed by atoms with Crippen molar-refractivity contribution in [1.82, 2.24) is 0 Å². The lowest BCUT2D eigenvalue weighted by Gasteiger charge is -2.30. The van der Waals surface area contributed by atoms with Gasteiger partial charge in [0.1, 0.15) is 0 Å². The zero-order valence-electron chi connectivity index (χ0n) is 16.9. The maximum absolute atomic E-state index is 12.4. The Morgan fingerprint density at radius 1 is 1.00 bits per heavy atom. The first-order valence-corrected chi connectivity index (χ1v) is 10.0. The molecule has 0 aromatic rings. The minimum Gasteiger partial charge on any atom is -0.295 e. The topological polar surface area (TPSA) is 46.5 Å². The Morgan fingerprint density at radius 3 is 2.04 bits per heavy atom. The molecule has 1 saturated carbocycles. The molecule has 0 saturated heterocycles. The summed E-state index contributed by atoms with van der Waals surface area (Å²) in [7, 11) is 0. The maximum atomic E-state index is 12.4. The Hall–Kier alpha value is -1.51. The van der Waals surface area contributed by atoms with Crippen LogP contribution in [-0.2, 0) is 9.59 Å². The van der Waals surface area contributed by atoms with Gasteiger partial charge in [0.05, 0.1) is 5.71 Å². The second-order valence-corrected chi connectivity index (χ2v) is 6.74. The summed E-state index contributed by atoms with van der Waals surface area (Å²) in [4.78, 5) is 29.3. The molecule has 1 fully saturated rings. The van der Waals surface area contributed by atoms with E-state index in [2.05, 4.69) is 6.08 Å². The first kappa shape index (κ1) is 21.5. The second-order valence-electron chi connectivity index (χ2n) is 6.74. The zero-order valence-corrected chi connectivity index (χ0v) is 16.9. The lowest BCUT2D eigenvalue weighted by molar-refractivity contribution is -0.115. The molecular weight excluding hydrogens is 310 g/mol. The van der Waals surface area contributed by atoms with Gasteiger partial charge in [-0.05, 0) is 45.4 Å². The van der Waals surface area contributed by atoms with Crippen LogP contribution in [0.1, 0.15) is 86.5 Å². The molecule has 3 heteroatoms. The Labute approximate surface area is 153 Å². The number of rotatable bonds is 5. The summed E-state index contributed by atoms with van der Waals surface area (Å²) in [5, 5.41) is 0. The number of nitrogens with zero attached hydrogens (tertiary/aromatic N) is 1. The third-order valence-electron chi connectivity index (χ3n) is 5.16. The van der Waals surface area contributed by atoms with Crippen LogP contribution in [0.5, 0.6) is 0 Å². The van der Waals surface area contributed by atoms with Crippen LogP contribution in [-0.4, -0.2) is 17.3 Å². The van der Waals surface area contributed by atoms with E-state index in [0.29, 0.717) is 5.92 Å². The molecule has 0 N–H and O–H groups in total. The number of hydrogen-bond acceptors (Lipinski definition) is 3. The van der Waals surface area contributed by atoms with Gasteiger partial charge in [-0.25, -0.2) is 0 Å². The van der Waals surface area contributed by atoms with Gasteiger partial charge in [0.25, 0.3) is 0 Å². The van der Waals surface area contributed by atoms with Crippen molar-refractivity contribution < 1.29 is 9.59 Å². The summed E-state index contributed by atoms with van der Waals surface area (Å²) in [5.41, 5.74) is 3.30. The molecule has 1 atom stereocenters. The molecule has 1 heterocycles. The molecule has 2 rings (SSSR count). The van der Waals surface area contributed by atoms with Gasteiger partial charge in [-0.3, -0.25) is 14.6 Å². The van der Waals surface area contributed by atoms with Crippen molar-refractivity contribution in [2.45, 2.75) is 86.5 Å². The zero-order chi connectivity index (χ0) is 19.0. The average molecular weight is 346 g/mol. The maximum Gasteiger partial charge on any atom is 0.161 e. The summed E-state index contributed by atoms with van der Waals surface area (Å²) in [5.74, 6) is 0.684. The van der Waals surface area contributed by atoms with Crippen molar-refractivity contribution in [3.63, 3.8) is 0 Å². The van der Waals surface area contributed by atoms with Crippen molar-refractivity contribution in [2.24, 2.45) is 16.8 Å². The summed E-state index contributed by atoms with van der Waals surface area (Å²) < 4.78 is 0. The molecule has 0 bridgehead atoms. The van der Waals surface area contributed by atoms with Gasteiger partial charge in [-0.2, -0.15) is 0 Å². The van der Waals surface area contributed by atoms with Crippen LogP contribution < -0.4 is 0 Å². The average Bonchev–Trinajstić information content (AvgIpc) is 2.80. The Morgan fingerprint density at radius 2 is 1.60 bits per heavy atom. The molecule has 0 aromatic heterocycles. The Balaban J connectivity index is 0.00000151. The number of carbonyl (C=O) groups excluding carboxylic acids is 2. The normalized spacial score (nSPS) is 21.6. The summed E-state index contributed by atoms with van der Waals surface area (Å²) in [6.45, 7) is 11.3. The fourth-order valence-corrected chi connectivity index (χ4v) is 4.00. The van der Waals surface area contributed by atoms with E-state index in [0.717, 1.165) is 48.2 Å². The van der Waals surface area contributed by atoms with Gasteiger partial charge in [0.2, 0.25) is 0 Å². The van der Waals surface area contributed by atoms with E-state index >= 15 is 0 Å². The molecule has 0 amide bonds. The van der Waals surface area contributed by atoms with Gasteiger partial charge in [0, 0.05) is 22.8 Å². The molecule has 0 aromatic carbocycles. The van der Waals surface area contributed by atoms with Crippen LogP contribution in [0.3, 0.4) is 0 Å². The van der Waals surface area contributed by atoms with E-state index < -0.39 is 0 Å². The predicted octanol–water partition coefficient (Wildman–Crippen LogP) is 5.84. The predicted molar refractivity (Wildman–Crippen MR) is 106 cm³/mol. The highest BCUT2D eigenvalue weighted by atomic mass is 16.1. The first-order valence-electron chi connectivity index (χ1n) is 10.0. The molecule has 1 aliphatic carbocycles. The van der Waals surface area contributed by atoms with E-state index in [-0.39, 0.29) is 17.5 Å². The van der Waals surface area contributed by atoms with Gasteiger partial charge < -0.3 is 0 Å². The van der Waals surface area contributed by atoms with E-state index in [1.807, 2.05) is 27.7 Å². The van der Waals surface area contributed by atoms with Crippen LogP contribution in [0, 0.1) is 11.8 Å². The van der Waals surface area contributed by atoms with E-state index in [4.69, 9.17) is 4.99 Å². The largest absolute Gasteiger partial charge is 0.295 e. The Kier molecular flexibility index (Phi) is 9.02. The van der Waals surface area contributed by atoms with Crippen molar-refractivity contribution >= 4 is 17.3 Å². The van der Waals surface area contributed by atoms with Gasteiger partial charge >= 0.3 is 0 Å². The third kappa shape index (κ3) is 5.23. The van der Waals surface area contributed by atoms with E-state index in [1.165, 1.54) is 19.3 Å². The van der Waals surface area contributed by atoms with Crippen molar-refractivity contribution in [1.29, 1.82) is 0 Å². The molecule has 25 heavy (non-hydrogen) atoms. The molecule has 2 aliphatic rings. The highest BCUT2D eigenvalue weighted by Gasteiger charge is 2.32. The lowest BCUT2D eigenvalue weighted by atomic mass is 9.74. The van der Waals surface area contributed by atoms with Crippen molar-refractivity contribution in [3.8, 4) is 0 Å². The van der Waals surface area contributed by atoms with E-state index in [9.17, 15) is 9.59 Å². The highest BCUT2D eigenvalue weighted by Crippen LogP contribution is 2.39. The molecule has 0 radical (unpaired) electrons. The quantitative estimate of drug-likeness (QED) is 0.628. The number of hydrogen-bond donors (Lipinski definition) is 0. The van der Waals surface area contributed by atoms with Gasteiger partial charge in [-0.1, -0.05) is 53.0 Å². The minimum atomic E-state index is 0.0504. The van der Waals surface area contributed by atoms with Crippen LogP contribution in [0.15, 0.2) is 27.9 Å². The van der Waals surface area contributed by atoms with Crippen molar-refractivity contribution in [3.05, 3.63) is 22.9 Å². The fraction of sp³-hybridized carbons (Fsp3) is 0.682. The first-order chi connectivity index (χ1) is 12.0. The fourth-order valence-electron chi connectivity index (χ4n) is 4.00. The Bertz CT molecular complexity index is 575. The standard InChI is InChI=1S/C20H29NO2.C2H6/c1-5-18-16(13(3)22)12-17(15-10-8-7-9-11-15)20(14(4)23)19(6-2)21-18;1-2/h12,15,17H,5-11H2,1-4H3;1-2H3. The number of aliphatic imine (C=N–C) groups is 1. The van der Waals surface area contributed by atoms with Gasteiger partial charge in [-0.15, -0.1) is 0 Å². The van der Waals surface area contributed by atoms with Crippen LogP contribution >= 0.6 is 0 Å². The highest BCUT2D eigenvalue weighted by molar-refractivity contribution is 6.22. The van der Waals surface area contributed by atoms with Crippen LogP contribution in [0.2, 0.25) is 0 Å². The minimum absolute atomic E-state index is 0.0504. The summed E-state index contributed by atoms with van der Waals surface area (Å²) in [6, 6.07) is 0. The number of carbonyl (C=O) groups is 2. The van der Waals surface area contributed by atoms with Crippen LogP contribution in [0.25, 0.3) is 0 Å². The summed E-state index contributed by atoms with van der Waals surface area (Å²) >= 11 is 0. The van der Waals surface area contributed by atoms with Crippen LogP contribution in [0.4, 0.5) is 0 Å². The smallest absolute Gasteiger partial charge is 0.161 e. The summed E-state index contributed by atoms with van der Waals surface area (Å²) in [6.07, 6.45) is 9.53. The monoisotopic (exact) mass is 345 g/mol.